The Morgan fingerprint density at radius 1 is 1.18 bits per heavy atom. The lowest BCUT2D eigenvalue weighted by Crippen LogP contribution is -2.34. The zero-order valence-electron chi connectivity index (χ0n) is 13.7. The monoisotopic (exact) mass is 324 g/mol. The fourth-order valence-corrected chi connectivity index (χ4v) is 4.14. The summed E-state index contributed by atoms with van der Waals surface area (Å²) in [5, 5.41) is -1.18. The first-order valence-electron chi connectivity index (χ1n) is 7.51. The van der Waals surface area contributed by atoms with Crippen LogP contribution in [0.3, 0.4) is 0 Å². The van der Waals surface area contributed by atoms with E-state index in [9.17, 15) is 9.36 Å². The maximum Gasteiger partial charge on any atom is 0.344 e. The molecule has 1 aromatic rings. The molecule has 0 amide bonds. The van der Waals surface area contributed by atoms with E-state index >= 15 is 0 Å². The van der Waals surface area contributed by atoms with Crippen LogP contribution in [0.15, 0.2) is 36.4 Å². The van der Waals surface area contributed by atoms with Crippen molar-refractivity contribution in [1.82, 2.24) is 0 Å². The summed E-state index contributed by atoms with van der Waals surface area (Å²) in [6.07, 6.45) is 4.05. The quantitative estimate of drug-likeness (QED) is 0.618. The van der Waals surface area contributed by atoms with E-state index in [0.717, 1.165) is 5.56 Å². The number of Topliss-reactive ketones (excluding diaryl/α,β-unsaturated/α-hetero) is 1. The molecule has 4 nitrogen and oxygen atoms in total. The number of carbonyl (C=O) groups is 1. The van der Waals surface area contributed by atoms with Crippen molar-refractivity contribution >= 4 is 19.5 Å². The van der Waals surface area contributed by atoms with Crippen LogP contribution in [-0.4, -0.2) is 24.2 Å². The molecule has 1 rings (SSSR count). The van der Waals surface area contributed by atoms with Crippen LogP contribution in [-0.2, 0) is 18.4 Å². The van der Waals surface area contributed by atoms with Gasteiger partial charge in [-0.3, -0.25) is 9.36 Å². The van der Waals surface area contributed by atoms with Gasteiger partial charge in [-0.25, -0.2) is 0 Å². The Morgan fingerprint density at radius 3 is 2.18 bits per heavy atom. The van der Waals surface area contributed by atoms with E-state index in [0.29, 0.717) is 6.42 Å². The average Bonchev–Trinajstić information content (AvgIpc) is 2.48. The molecule has 1 atom stereocenters. The number of carbonyl (C=O) groups excluding carboxylic acids is 1. The van der Waals surface area contributed by atoms with E-state index in [2.05, 4.69) is 0 Å². The van der Waals surface area contributed by atoms with Crippen molar-refractivity contribution in [2.45, 2.75) is 39.3 Å². The van der Waals surface area contributed by atoms with Crippen molar-refractivity contribution in [2.24, 2.45) is 0 Å². The van der Waals surface area contributed by atoms with Gasteiger partial charge in [0.05, 0.1) is 13.2 Å². The van der Waals surface area contributed by atoms with Gasteiger partial charge in [0.1, 0.15) is 10.9 Å². The zero-order valence-corrected chi connectivity index (χ0v) is 14.6. The third-order valence-corrected chi connectivity index (χ3v) is 6.49. The molecule has 0 aliphatic heterocycles. The third kappa shape index (κ3) is 4.39. The Kier molecular flexibility index (Phi) is 7.21. The molecule has 0 aliphatic carbocycles. The second kappa shape index (κ2) is 8.42. The van der Waals surface area contributed by atoms with Crippen molar-refractivity contribution < 1.29 is 18.4 Å². The molecule has 5 heteroatoms. The van der Waals surface area contributed by atoms with Crippen molar-refractivity contribution in [2.75, 3.05) is 13.2 Å². The van der Waals surface area contributed by atoms with Crippen LogP contribution >= 0.6 is 7.60 Å². The molecule has 22 heavy (non-hydrogen) atoms. The molecular formula is C17H25O4P. The van der Waals surface area contributed by atoms with Gasteiger partial charge in [0.2, 0.25) is 0 Å². The van der Waals surface area contributed by atoms with Gasteiger partial charge >= 0.3 is 7.60 Å². The molecule has 0 fully saturated rings. The molecule has 0 N–H and O–H groups in total. The third-order valence-electron chi connectivity index (χ3n) is 3.59. The second-order valence-electron chi connectivity index (χ2n) is 5.18. The maximum absolute atomic E-state index is 13.0. The first-order chi connectivity index (χ1) is 10.4. The van der Waals surface area contributed by atoms with Gasteiger partial charge in [-0.2, -0.15) is 0 Å². The first-order valence-corrected chi connectivity index (χ1v) is 9.05. The number of benzene rings is 1. The summed E-state index contributed by atoms with van der Waals surface area (Å²) in [6.45, 7) is 7.04. The average molecular weight is 324 g/mol. The van der Waals surface area contributed by atoms with E-state index in [-0.39, 0.29) is 19.0 Å². The standard InChI is InChI=1S/C17H25O4P/c1-5-20-22(19,21-6-2)17(4,15(3)18)14-10-13-16-11-8-7-9-12-16/h7-13H,5-6,14H2,1-4H3/b13-10+. The SMILES string of the molecule is CCOP(=O)(OCC)C(C)(C/C=C/c1ccccc1)C(C)=O. The number of rotatable bonds is 9. The zero-order chi connectivity index (χ0) is 16.6. The topological polar surface area (TPSA) is 52.6 Å². The van der Waals surface area contributed by atoms with Gasteiger partial charge < -0.3 is 9.05 Å². The summed E-state index contributed by atoms with van der Waals surface area (Å²) in [4.78, 5) is 12.1. The molecule has 0 saturated heterocycles. The Morgan fingerprint density at radius 2 is 1.73 bits per heavy atom. The molecule has 0 radical (unpaired) electrons. The minimum Gasteiger partial charge on any atom is -0.308 e. The van der Waals surface area contributed by atoms with Crippen molar-refractivity contribution in [3.8, 4) is 0 Å². The van der Waals surface area contributed by atoms with Gasteiger partial charge in [-0.15, -0.1) is 0 Å². The normalized spacial score (nSPS) is 14.9. The number of hydrogen-bond donors (Lipinski definition) is 0. The molecule has 122 valence electrons. The van der Waals surface area contributed by atoms with E-state index < -0.39 is 12.8 Å². The smallest absolute Gasteiger partial charge is 0.308 e. The van der Waals surface area contributed by atoms with Crippen LogP contribution in [0.1, 0.15) is 39.7 Å². The summed E-state index contributed by atoms with van der Waals surface area (Å²) in [6, 6.07) is 9.75. The molecule has 0 bridgehead atoms. The summed E-state index contributed by atoms with van der Waals surface area (Å²) < 4.78 is 23.8. The second-order valence-corrected chi connectivity index (χ2v) is 7.68. The molecular weight excluding hydrogens is 299 g/mol. The Labute approximate surface area is 133 Å². The van der Waals surface area contributed by atoms with Gasteiger partial charge in [0.25, 0.3) is 0 Å². The predicted molar refractivity (Wildman–Crippen MR) is 90.0 cm³/mol. The molecule has 1 aromatic carbocycles. The largest absolute Gasteiger partial charge is 0.344 e. The Balaban J connectivity index is 3.02. The van der Waals surface area contributed by atoms with Gasteiger partial charge in [0.15, 0.2) is 0 Å². The highest BCUT2D eigenvalue weighted by Gasteiger charge is 2.50. The Bertz CT molecular complexity index is 543. The summed E-state index contributed by atoms with van der Waals surface area (Å²) in [5.41, 5.74) is 1.02. The van der Waals surface area contributed by atoms with E-state index in [4.69, 9.17) is 9.05 Å². The number of ketones is 1. The Hall–Kier alpha value is -1.22. The van der Waals surface area contributed by atoms with Gasteiger partial charge in [-0.1, -0.05) is 42.5 Å². The summed E-state index contributed by atoms with van der Waals surface area (Å²) in [5.74, 6) is -0.199. The van der Waals surface area contributed by atoms with Gasteiger partial charge in [-0.05, 0) is 39.7 Å². The van der Waals surface area contributed by atoms with Crippen LogP contribution in [0.4, 0.5) is 0 Å². The molecule has 0 saturated carbocycles. The lowest BCUT2D eigenvalue weighted by molar-refractivity contribution is -0.119. The molecule has 0 heterocycles. The van der Waals surface area contributed by atoms with Crippen LogP contribution in [0, 0.1) is 0 Å². The minimum absolute atomic E-state index is 0.199. The van der Waals surface area contributed by atoms with Crippen LogP contribution < -0.4 is 0 Å². The van der Waals surface area contributed by atoms with Crippen LogP contribution in [0.2, 0.25) is 0 Å². The van der Waals surface area contributed by atoms with Crippen LogP contribution in [0.5, 0.6) is 0 Å². The lowest BCUT2D eigenvalue weighted by Gasteiger charge is -2.33. The fourth-order valence-electron chi connectivity index (χ4n) is 2.10. The summed E-state index contributed by atoms with van der Waals surface area (Å²) >= 11 is 0. The van der Waals surface area contributed by atoms with E-state index in [1.807, 2.05) is 42.5 Å². The van der Waals surface area contributed by atoms with Crippen molar-refractivity contribution in [3.05, 3.63) is 42.0 Å². The van der Waals surface area contributed by atoms with Crippen molar-refractivity contribution in [1.29, 1.82) is 0 Å². The highest BCUT2D eigenvalue weighted by molar-refractivity contribution is 7.56. The maximum atomic E-state index is 13.0. The predicted octanol–water partition coefficient (Wildman–Crippen LogP) is 4.70. The molecule has 0 aliphatic rings. The van der Waals surface area contributed by atoms with E-state index in [1.54, 1.807) is 20.8 Å². The van der Waals surface area contributed by atoms with Crippen LogP contribution in [0.25, 0.3) is 6.08 Å². The van der Waals surface area contributed by atoms with Gasteiger partial charge in [0, 0.05) is 0 Å². The highest BCUT2D eigenvalue weighted by Crippen LogP contribution is 2.61. The van der Waals surface area contributed by atoms with Crippen molar-refractivity contribution in [3.63, 3.8) is 0 Å². The first kappa shape index (κ1) is 18.8. The fraction of sp³-hybridized carbons (Fsp3) is 0.471. The minimum atomic E-state index is -3.52. The number of allylic oxidation sites excluding steroid dienone is 1. The molecule has 1 unspecified atom stereocenters. The highest BCUT2D eigenvalue weighted by atomic mass is 31.2. The number of hydrogen-bond acceptors (Lipinski definition) is 4. The van der Waals surface area contributed by atoms with E-state index in [1.165, 1.54) is 6.92 Å². The molecule has 0 spiro atoms. The summed E-state index contributed by atoms with van der Waals surface area (Å²) in [7, 11) is -3.52. The lowest BCUT2D eigenvalue weighted by atomic mass is 10.0. The molecule has 0 aromatic heterocycles.